The Morgan fingerprint density at radius 3 is 2.56 bits per heavy atom. The summed E-state index contributed by atoms with van der Waals surface area (Å²) < 4.78 is 5.44. The van der Waals surface area contributed by atoms with Gasteiger partial charge in [-0.1, -0.05) is 18.2 Å². The minimum absolute atomic E-state index is 0.250. The summed E-state index contributed by atoms with van der Waals surface area (Å²) in [6, 6.07) is 7.76. The van der Waals surface area contributed by atoms with Crippen LogP contribution in [-0.4, -0.2) is 21.6 Å². The van der Waals surface area contributed by atoms with Crippen molar-refractivity contribution in [2.24, 2.45) is 0 Å². The number of ether oxygens (including phenoxy) is 1. The molecule has 0 bridgehead atoms. The second-order valence-electron chi connectivity index (χ2n) is 2.76. The fourth-order valence-electron chi connectivity index (χ4n) is 1.02. The molecule has 0 fully saturated rings. The molecule has 0 unspecified atom stereocenters. The average molecular weight is 219 g/mol. The Hall–Kier alpha value is -2.46. The SMILES string of the molecule is Cc1ccccc1Oc1cn[nH]n1.O=C=O. The number of carbonyl (C=O) groups excluding carboxylic acids is 2. The zero-order valence-electron chi connectivity index (χ0n) is 8.51. The number of aryl methyl sites for hydroxylation is 1. The number of benzene rings is 1. The van der Waals surface area contributed by atoms with Gasteiger partial charge in [-0.05, 0) is 18.6 Å². The van der Waals surface area contributed by atoms with Crippen LogP contribution in [0.25, 0.3) is 0 Å². The highest BCUT2D eigenvalue weighted by Crippen LogP contribution is 2.21. The molecule has 0 saturated heterocycles. The molecule has 1 N–H and O–H groups in total. The summed E-state index contributed by atoms with van der Waals surface area (Å²) in [6.07, 6.45) is 1.78. The number of hydrogen-bond acceptors (Lipinski definition) is 5. The van der Waals surface area contributed by atoms with Gasteiger partial charge in [-0.3, -0.25) is 0 Å². The maximum atomic E-state index is 8.12. The molecule has 16 heavy (non-hydrogen) atoms. The highest BCUT2D eigenvalue weighted by molar-refractivity contribution is 5.34. The number of hydrogen-bond donors (Lipinski definition) is 1. The molecule has 1 aromatic heterocycles. The molecule has 0 aliphatic carbocycles. The molecule has 0 radical (unpaired) electrons. The van der Waals surface area contributed by atoms with E-state index in [-0.39, 0.29) is 6.15 Å². The van der Waals surface area contributed by atoms with E-state index in [0.717, 1.165) is 11.3 Å². The summed E-state index contributed by atoms with van der Waals surface area (Å²) >= 11 is 0. The molecule has 1 heterocycles. The fourth-order valence-corrected chi connectivity index (χ4v) is 1.02. The van der Waals surface area contributed by atoms with Crippen molar-refractivity contribution in [2.75, 3.05) is 0 Å². The lowest BCUT2D eigenvalue weighted by Crippen LogP contribution is -1.86. The van der Waals surface area contributed by atoms with Crippen molar-refractivity contribution >= 4 is 6.15 Å². The van der Waals surface area contributed by atoms with E-state index in [0.29, 0.717) is 5.88 Å². The Morgan fingerprint density at radius 1 is 1.31 bits per heavy atom. The van der Waals surface area contributed by atoms with Crippen molar-refractivity contribution in [3.8, 4) is 11.6 Å². The van der Waals surface area contributed by atoms with Crippen LogP contribution in [-0.2, 0) is 9.59 Å². The van der Waals surface area contributed by atoms with Gasteiger partial charge in [0.25, 0.3) is 5.88 Å². The van der Waals surface area contributed by atoms with Crippen LogP contribution in [0.5, 0.6) is 11.6 Å². The zero-order valence-corrected chi connectivity index (χ0v) is 8.51. The molecule has 6 heteroatoms. The maximum Gasteiger partial charge on any atom is 0.373 e. The van der Waals surface area contributed by atoms with Crippen LogP contribution in [0.4, 0.5) is 0 Å². The molecular formula is C10H9N3O3. The van der Waals surface area contributed by atoms with Crippen LogP contribution < -0.4 is 4.74 Å². The monoisotopic (exact) mass is 219 g/mol. The number of aromatic nitrogens is 3. The molecule has 0 saturated carbocycles. The van der Waals surface area contributed by atoms with E-state index in [1.807, 2.05) is 31.2 Å². The minimum Gasteiger partial charge on any atom is -0.436 e. The first-order valence-corrected chi connectivity index (χ1v) is 4.36. The van der Waals surface area contributed by atoms with Crippen molar-refractivity contribution < 1.29 is 14.3 Å². The van der Waals surface area contributed by atoms with Gasteiger partial charge in [0.2, 0.25) is 0 Å². The largest absolute Gasteiger partial charge is 0.436 e. The van der Waals surface area contributed by atoms with Crippen LogP contribution in [0, 0.1) is 6.92 Å². The quantitative estimate of drug-likeness (QED) is 0.823. The fraction of sp³-hybridized carbons (Fsp3) is 0.100. The summed E-state index contributed by atoms with van der Waals surface area (Å²) in [5.41, 5.74) is 1.07. The van der Waals surface area contributed by atoms with E-state index in [4.69, 9.17) is 14.3 Å². The third kappa shape index (κ3) is 3.36. The Bertz CT molecular complexity index is 462. The van der Waals surface area contributed by atoms with Crippen LogP contribution in [0.2, 0.25) is 0 Å². The normalized spacial score (nSPS) is 8.56. The van der Waals surface area contributed by atoms with Crippen molar-refractivity contribution in [2.45, 2.75) is 6.92 Å². The average Bonchev–Trinajstić information content (AvgIpc) is 2.75. The van der Waals surface area contributed by atoms with E-state index >= 15 is 0 Å². The van der Waals surface area contributed by atoms with Gasteiger partial charge < -0.3 is 4.74 Å². The third-order valence-corrected chi connectivity index (χ3v) is 1.70. The zero-order chi connectivity index (χ0) is 11.8. The first kappa shape index (κ1) is 11.6. The van der Waals surface area contributed by atoms with Gasteiger partial charge in [0.15, 0.2) is 0 Å². The lowest BCUT2D eigenvalue weighted by atomic mass is 10.2. The van der Waals surface area contributed by atoms with Gasteiger partial charge in [-0.15, -0.1) is 5.10 Å². The highest BCUT2D eigenvalue weighted by Gasteiger charge is 2.00. The summed E-state index contributed by atoms with van der Waals surface area (Å²) in [4.78, 5) is 16.2. The minimum atomic E-state index is 0.250. The molecule has 0 aliphatic heterocycles. The van der Waals surface area contributed by atoms with E-state index in [1.54, 1.807) is 0 Å². The van der Waals surface area contributed by atoms with Gasteiger partial charge in [0, 0.05) is 0 Å². The van der Waals surface area contributed by atoms with Crippen molar-refractivity contribution in [3.05, 3.63) is 36.0 Å². The number of nitrogens with zero attached hydrogens (tertiary/aromatic N) is 2. The Labute approximate surface area is 91.2 Å². The second kappa shape index (κ2) is 6.10. The number of rotatable bonds is 2. The van der Waals surface area contributed by atoms with Gasteiger partial charge in [0.05, 0.1) is 0 Å². The first-order valence-electron chi connectivity index (χ1n) is 4.36. The van der Waals surface area contributed by atoms with E-state index in [9.17, 15) is 0 Å². The predicted octanol–water partition coefficient (Wildman–Crippen LogP) is 1.32. The van der Waals surface area contributed by atoms with Gasteiger partial charge in [0.1, 0.15) is 11.9 Å². The van der Waals surface area contributed by atoms with Crippen LogP contribution >= 0.6 is 0 Å². The van der Waals surface area contributed by atoms with E-state index in [1.165, 1.54) is 6.20 Å². The second-order valence-corrected chi connectivity index (χ2v) is 2.76. The standard InChI is InChI=1S/C9H9N3O.CO2/c1-7-4-2-3-5-8(7)13-9-6-10-12-11-9;2-1-3/h2-6H,1H3,(H,10,11,12);. The summed E-state index contributed by atoms with van der Waals surface area (Å²) in [7, 11) is 0. The molecule has 1 aromatic carbocycles. The lowest BCUT2D eigenvalue weighted by Gasteiger charge is -2.03. The van der Waals surface area contributed by atoms with Crippen LogP contribution in [0.15, 0.2) is 30.5 Å². The summed E-state index contributed by atoms with van der Waals surface area (Å²) in [5, 5.41) is 9.93. The molecule has 0 atom stereocenters. The molecule has 0 spiro atoms. The number of aromatic amines is 1. The Morgan fingerprint density at radius 2 is 2.00 bits per heavy atom. The van der Waals surface area contributed by atoms with Gasteiger partial charge in [-0.25, -0.2) is 0 Å². The van der Waals surface area contributed by atoms with E-state index in [2.05, 4.69) is 15.4 Å². The predicted molar refractivity (Wildman–Crippen MR) is 52.6 cm³/mol. The molecule has 2 rings (SSSR count). The molecule has 0 amide bonds. The molecule has 6 nitrogen and oxygen atoms in total. The molecular weight excluding hydrogens is 210 g/mol. The van der Waals surface area contributed by atoms with Crippen molar-refractivity contribution in [1.29, 1.82) is 0 Å². The number of H-pyrrole nitrogens is 1. The number of para-hydroxylation sites is 1. The lowest BCUT2D eigenvalue weighted by molar-refractivity contribution is -0.191. The summed E-state index contributed by atoms with van der Waals surface area (Å²) in [5.74, 6) is 1.28. The topological polar surface area (TPSA) is 84.9 Å². The number of nitrogens with one attached hydrogen (secondary N) is 1. The third-order valence-electron chi connectivity index (χ3n) is 1.70. The smallest absolute Gasteiger partial charge is 0.373 e. The van der Waals surface area contributed by atoms with E-state index < -0.39 is 0 Å². The van der Waals surface area contributed by atoms with Crippen molar-refractivity contribution in [1.82, 2.24) is 15.4 Å². The van der Waals surface area contributed by atoms with Crippen LogP contribution in [0.1, 0.15) is 5.56 Å². The van der Waals surface area contributed by atoms with Crippen LogP contribution in [0.3, 0.4) is 0 Å². The summed E-state index contributed by atoms with van der Waals surface area (Å²) in [6.45, 7) is 1.98. The first-order chi connectivity index (χ1) is 7.77. The molecule has 0 aliphatic rings. The van der Waals surface area contributed by atoms with Gasteiger partial charge >= 0.3 is 6.15 Å². The molecule has 82 valence electrons. The van der Waals surface area contributed by atoms with Crippen molar-refractivity contribution in [3.63, 3.8) is 0 Å². The Balaban J connectivity index is 0.000000386. The molecule has 2 aromatic rings. The highest BCUT2D eigenvalue weighted by atomic mass is 16.5. The maximum absolute atomic E-state index is 8.12. The Kier molecular flexibility index (Phi) is 4.43. The van der Waals surface area contributed by atoms with Gasteiger partial charge in [-0.2, -0.15) is 19.9 Å².